The molecule has 8 heteroatoms. The highest BCUT2D eigenvalue weighted by Crippen LogP contribution is 2.19. The average Bonchev–Trinajstić information content (AvgIpc) is 3.08. The molecule has 0 aliphatic carbocycles. The minimum atomic E-state index is -0.863. The number of likely N-dealkylation sites (tertiary alicyclic amines) is 1. The van der Waals surface area contributed by atoms with E-state index in [9.17, 15) is 14.4 Å². The molecule has 0 bridgehead atoms. The third kappa shape index (κ3) is 4.54. The topological polar surface area (TPSA) is 98.7 Å². The van der Waals surface area contributed by atoms with Crippen molar-refractivity contribution in [2.24, 2.45) is 0 Å². The second-order valence-electron chi connectivity index (χ2n) is 4.84. The minimum Gasteiger partial charge on any atom is -0.481 e. The Labute approximate surface area is 125 Å². The summed E-state index contributed by atoms with van der Waals surface area (Å²) in [5.41, 5.74) is 4.69. The van der Waals surface area contributed by atoms with Gasteiger partial charge in [-0.25, -0.2) is 0 Å². The molecule has 1 fully saturated rings. The molecule has 2 rings (SSSR count). The SMILES string of the molecule is O=C(O)CC1CCCN1CC(=O)NNC(=O)c1cccs1. The van der Waals surface area contributed by atoms with Crippen LogP contribution in [0.4, 0.5) is 0 Å². The molecule has 0 saturated carbocycles. The lowest BCUT2D eigenvalue weighted by atomic mass is 10.1. The molecule has 1 aromatic heterocycles. The van der Waals surface area contributed by atoms with Gasteiger partial charge >= 0.3 is 5.97 Å². The van der Waals surface area contributed by atoms with Gasteiger partial charge in [0.25, 0.3) is 11.8 Å². The summed E-state index contributed by atoms with van der Waals surface area (Å²) in [5.74, 6) is -1.57. The van der Waals surface area contributed by atoms with Crippen molar-refractivity contribution in [1.29, 1.82) is 0 Å². The number of nitrogens with one attached hydrogen (secondary N) is 2. The maximum absolute atomic E-state index is 11.8. The number of thiophene rings is 1. The van der Waals surface area contributed by atoms with Crippen molar-refractivity contribution in [3.05, 3.63) is 22.4 Å². The summed E-state index contributed by atoms with van der Waals surface area (Å²) in [6.45, 7) is 0.785. The number of hydrogen-bond acceptors (Lipinski definition) is 5. The summed E-state index contributed by atoms with van der Waals surface area (Å²) in [5, 5.41) is 10.6. The number of nitrogens with zero attached hydrogens (tertiary/aromatic N) is 1. The summed E-state index contributed by atoms with van der Waals surface area (Å²) in [6, 6.07) is 3.30. The normalized spacial score (nSPS) is 18.4. The maximum Gasteiger partial charge on any atom is 0.304 e. The van der Waals surface area contributed by atoms with Gasteiger partial charge in [0.05, 0.1) is 17.8 Å². The lowest BCUT2D eigenvalue weighted by molar-refractivity contribution is -0.138. The van der Waals surface area contributed by atoms with Crippen LogP contribution in [0, 0.1) is 0 Å². The summed E-state index contributed by atoms with van der Waals surface area (Å²) in [6.07, 6.45) is 1.70. The number of carboxylic acid groups (broad SMARTS) is 1. The van der Waals surface area contributed by atoms with Crippen molar-refractivity contribution in [1.82, 2.24) is 15.8 Å². The number of hydrazine groups is 1. The van der Waals surface area contributed by atoms with Crippen molar-refractivity contribution >= 4 is 29.1 Å². The van der Waals surface area contributed by atoms with Crippen LogP contribution in [0.3, 0.4) is 0 Å². The molecule has 2 amide bonds. The van der Waals surface area contributed by atoms with Crippen LogP contribution in [0.5, 0.6) is 0 Å². The highest BCUT2D eigenvalue weighted by atomic mass is 32.1. The molecule has 1 aromatic rings. The van der Waals surface area contributed by atoms with Crippen LogP contribution in [0.2, 0.25) is 0 Å². The Morgan fingerprint density at radius 3 is 2.86 bits per heavy atom. The van der Waals surface area contributed by atoms with Gasteiger partial charge in [-0.1, -0.05) is 6.07 Å². The highest BCUT2D eigenvalue weighted by Gasteiger charge is 2.28. The van der Waals surface area contributed by atoms with E-state index in [4.69, 9.17) is 5.11 Å². The molecule has 0 aromatic carbocycles. The monoisotopic (exact) mass is 311 g/mol. The van der Waals surface area contributed by atoms with Crippen LogP contribution in [-0.2, 0) is 9.59 Å². The van der Waals surface area contributed by atoms with Crippen molar-refractivity contribution < 1.29 is 19.5 Å². The number of rotatable bonds is 5. The van der Waals surface area contributed by atoms with Gasteiger partial charge in [-0.15, -0.1) is 11.3 Å². The second-order valence-corrected chi connectivity index (χ2v) is 5.79. The molecule has 1 aliphatic rings. The van der Waals surface area contributed by atoms with Gasteiger partial charge in [-0.05, 0) is 30.8 Å². The zero-order valence-corrected chi connectivity index (χ0v) is 12.2. The predicted octanol–water partition coefficient (Wildman–Crippen LogP) is 0.448. The van der Waals surface area contributed by atoms with Gasteiger partial charge in [-0.2, -0.15) is 0 Å². The Kier molecular flexibility index (Phi) is 5.29. The van der Waals surface area contributed by atoms with Crippen LogP contribution < -0.4 is 10.9 Å². The van der Waals surface area contributed by atoms with Crippen LogP contribution in [0.1, 0.15) is 28.9 Å². The smallest absolute Gasteiger partial charge is 0.304 e. The molecule has 1 saturated heterocycles. The van der Waals surface area contributed by atoms with Crippen LogP contribution in [0.25, 0.3) is 0 Å². The van der Waals surface area contributed by atoms with Crippen molar-refractivity contribution in [3.8, 4) is 0 Å². The summed E-state index contributed by atoms with van der Waals surface area (Å²) < 4.78 is 0. The molecule has 21 heavy (non-hydrogen) atoms. The average molecular weight is 311 g/mol. The van der Waals surface area contributed by atoms with Crippen molar-refractivity contribution in [2.45, 2.75) is 25.3 Å². The molecular formula is C13H17N3O4S. The fraction of sp³-hybridized carbons (Fsp3) is 0.462. The van der Waals surface area contributed by atoms with E-state index in [2.05, 4.69) is 10.9 Å². The summed E-state index contributed by atoms with van der Waals surface area (Å²) >= 11 is 1.28. The third-order valence-electron chi connectivity index (χ3n) is 3.32. The van der Waals surface area contributed by atoms with Gasteiger partial charge in [0.15, 0.2) is 0 Å². The molecule has 7 nitrogen and oxygen atoms in total. The van der Waals surface area contributed by atoms with Gasteiger partial charge in [-0.3, -0.25) is 30.1 Å². The molecule has 0 spiro atoms. The quantitative estimate of drug-likeness (QED) is 0.686. The zero-order valence-electron chi connectivity index (χ0n) is 11.4. The molecule has 114 valence electrons. The van der Waals surface area contributed by atoms with E-state index >= 15 is 0 Å². The molecule has 1 atom stereocenters. The zero-order chi connectivity index (χ0) is 15.2. The second kappa shape index (κ2) is 7.19. The van der Waals surface area contributed by atoms with Crippen LogP contribution >= 0.6 is 11.3 Å². The molecule has 1 aliphatic heterocycles. The number of carbonyl (C=O) groups excluding carboxylic acids is 2. The van der Waals surface area contributed by atoms with E-state index in [-0.39, 0.29) is 30.8 Å². The first kappa shape index (κ1) is 15.5. The fourth-order valence-electron chi connectivity index (χ4n) is 2.36. The van der Waals surface area contributed by atoms with E-state index in [0.717, 1.165) is 12.8 Å². The van der Waals surface area contributed by atoms with Gasteiger partial charge in [0.1, 0.15) is 0 Å². The molecule has 0 radical (unpaired) electrons. The van der Waals surface area contributed by atoms with Gasteiger partial charge in [0.2, 0.25) is 0 Å². The van der Waals surface area contributed by atoms with Gasteiger partial charge in [0, 0.05) is 6.04 Å². The van der Waals surface area contributed by atoms with E-state index in [0.29, 0.717) is 11.4 Å². The van der Waals surface area contributed by atoms with E-state index in [1.807, 2.05) is 4.90 Å². The maximum atomic E-state index is 11.8. The third-order valence-corrected chi connectivity index (χ3v) is 4.19. The Morgan fingerprint density at radius 2 is 2.19 bits per heavy atom. The lowest BCUT2D eigenvalue weighted by Crippen LogP contribution is -2.47. The molecule has 2 heterocycles. The van der Waals surface area contributed by atoms with Crippen LogP contribution in [0.15, 0.2) is 17.5 Å². The largest absolute Gasteiger partial charge is 0.481 e. The lowest BCUT2D eigenvalue weighted by Gasteiger charge is -2.22. The molecule has 1 unspecified atom stereocenters. The number of aliphatic carboxylic acids is 1. The Morgan fingerprint density at radius 1 is 1.38 bits per heavy atom. The summed E-state index contributed by atoms with van der Waals surface area (Å²) in [7, 11) is 0. The fourth-order valence-corrected chi connectivity index (χ4v) is 2.97. The van der Waals surface area contributed by atoms with Crippen LogP contribution in [-0.4, -0.2) is 46.9 Å². The number of carbonyl (C=O) groups is 3. The predicted molar refractivity (Wildman–Crippen MR) is 76.8 cm³/mol. The Bertz CT molecular complexity index is 517. The number of carboxylic acids is 1. The van der Waals surface area contributed by atoms with E-state index < -0.39 is 5.97 Å². The Balaban J connectivity index is 1.76. The minimum absolute atomic E-state index is 0.0365. The highest BCUT2D eigenvalue weighted by molar-refractivity contribution is 7.12. The van der Waals surface area contributed by atoms with E-state index in [1.54, 1.807) is 17.5 Å². The van der Waals surface area contributed by atoms with E-state index in [1.165, 1.54) is 11.3 Å². The first-order chi connectivity index (χ1) is 10.1. The van der Waals surface area contributed by atoms with Gasteiger partial charge < -0.3 is 5.11 Å². The summed E-state index contributed by atoms with van der Waals surface area (Å²) in [4.78, 5) is 36.5. The standard InChI is InChI=1S/C13H17N3O4S/c17-11(14-15-13(20)10-4-2-6-21-10)8-16-5-1-3-9(16)7-12(18)19/h2,4,6,9H,1,3,5,7-8H2,(H,14,17)(H,15,20)(H,18,19). The van der Waals surface area contributed by atoms with Crippen molar-refractivity contribution in [2.75, 3.05) is 13.1 Å². The molecular weight excluding hydrogens is 294 g/mol. The Hall–Kier alpha value is -1.93. The number of amides is 2. The first-order valence-corrected chi connectivity index (χ1v) is 7.53. The first-order valence-electron chi connectivity index (χ1n) is 6.65. The van der Waals surface area contributed by atoms with Crippen molar-refractivity contribution in [3.63, 3.8) is 0 Å². The molecule has 3 N–H and O–H groups in total. The number of hydrogen-bond donors (Lipinski definition) is 3.